The second kappa shape index (κ2) is 3.71. The van der Waals surface area contributed by atoms with Crippen molar-refractivity contribution >= 4 is 17.4 Å². The lowest BCUT2D eigenvalue weighted by Crippen LogP contribution is -2.00. The summed E-state index contributed by atoms with van der Waals surface area (Å²) in [6.45, 7) is 4.81. The van der Waals surface area contributed by atoms with Gasteiger partial charge in [0, 0.05) is 10.6 Å². The van der Waals surface area contributed by atoms with E-state index in [1.807, 2.05) is 0 Å². The molecule has 0 heterocycles. The molecular weight excluding hydrogens is 191 g/mol. The minimum absolute atomic E-state index is 0.0110. The van der Waals surface area contributed by atoms with Crippen LogP contribution in [0, 0.1) is 12.7 Å². The van der Waals surface area contributed by atoms with Crippen molar-refractivity contribution in [2.75, 3.05) is 0 Å². The van der Waals surface area contributed by atoms with Crippen molar-refractivity contribution in [3.05, 3.63) is 46.8 Å². The van der Waals surface area contributed by atoms with Gasteiger partial charge >= 0.3 is 0 Å². The molecular formula is C10H8ClFO. The van der Waals surface area contributed by atoms with E-state index < -0.39 is 11.6 Å². The Balaban J connectivity index is 3.33. The maximum atomic E-state index is 13.3. The zero-order chi connectivity index (χ0) is 10.0. The van der Waals surface area contributed by atoms with Crippen molar-refractivity contribution in [3.63, 3.8) is 0 Å². The van der Waals surface area contributed by atoms with E-state index in [1.54, 1.807) is 0 Å². The molecule has 0 unspecified atom stereocenters. The van der Waals surface area contributed by atoms with Gasteiger partial charge in [-0.05, 0) is 25.1 Å². The first-order valence-electron chi connectivity index (χ1n) is 3.69. The first-order chi connectivity index (χ1) is 6.07. The molecule has 1 aromatic carbocycles. The summed E-state index contributed by atoms with van der Waals surface area (Å²) in [6, 6.07) is 2.85. The molecule has 0 radical (unpaired) electrons. The van der Waals surface area contributed by atoms with Gasteiger partial charge in [0.2, 0.25) is 0 Å². The predicted octanol–water partition coefficient (Wildman–Crippen LogP) is 3.16. The highest BCUT2D eigenvalue weighted by atomic mass is 35.5. The van der Waals surface area contributed by atoms with Gasteiger partial charge in [-0.25, -0.2) is 4.39 Å². The summed E-state index contributed by atoms with van der Waals surface area (Å²) in [6.07, 6.45) is 1.08. The fourth-order valence-electron chi connectivity index (χ4n) is 0.962. The Morgan fingerprint density at radius 1 is 1.62 bits per heavy atom. The van der Waals surface area contributed by atoms with Gasteiger partial charge in [-0.1, -0.05) is 18.2 Å². The monoisotopic (exact) mass is 198 g/mol. The van der Waals surface area contributed by atoms with Crippen LogP contribution in [0.3, 0.4) is 0 Å². The van der Waals surface area contributed by atoms with Crippen LogP contribution in [0.4, 0.5) is 4.39 Å². The third kappa shape index (κ3) is 1.78. The van der Waals surface area contributed by atoms with E-state index in [9.17, 15) is 9.18 Å². The van der Waals surface area contributed by atoms with Gasteiger partial charge in [-0.2, -0.15) is 0 Å². The Kier molecular flexibility index (Phi) is 2.83. The number of halogens is 2. The topological polar surface area (TPSA) is 17.1 Å². The average molecular weight is 199 g/mol. The van der Waals surface area contributed by atoms with E-state index >= 15 is 0 Å². The lowest BCUT2D eigenvalue weighted by atomic mass is 10.1. The molecule has 0 aliphatic heterocycles. The molecule has 0 saturated carbocycles. The van der Waals surface area contributed by atoms with Crippen LogP contribution >= 0.6 is 11.6 Å². The molecule has 0 aliphatic rings. The minimum Gasteiger partial charge on any atom is -0.289 e. The zero-order valence-electron chi connectivity index (χ0n) is 7.10. The minimum atomic E-state index is -0.572. The molecule has 0 atom stereocenters. The highest BCUT2D eigenvalue weighted by Crippen LogP contribution is 2.21. The van der Waals surface area contributed by atoms with Crippen molar-refractivity contribution in [2.45, 2.75) is 6.92 Å². The highest BCUT2D eigenvalue weighted by Gasteiger charge is 2.12. The molecule has 1 nitrogen and oxygen atoms in total. The lowest BCUT2D eigenvalue weighted by molar-refractivity contribution is 0.104. The number of allylic oxidation sites excluding steroid dienone is 1. The molecule has 3 heteroatoms. The number of carbonyl (C=O) groups is 1. The number of ketones is 1. The third-order valence-electron chi connectivity index (χ3n) is 1.77. The van der Waals surface area contributed by atoms with Gasteiger partial charge in [-0.15, -0.1) is 0 Å². The molecule has 0 fully saturated rings. The van der Waals surface area contributed by atoms with Crippen LogP contribution in [0.25, 0.3) is 0 Å². The SMILES string of the molecule is C=CC(=O)c1ccc(Cl)c(C)c1F. The van der Waals surface area contributed by atoms with Gasteiger partial charge < -0.3 is 0 Å². The zero-order valence-corrected chi connectivity index (χ0v) is 7.86. The summed E-state index contributed by atoms with van der Waals surface area (Å²) >= 11 is 5.66. The van der Waals surface area contributed by atoms with Crippen molar-refractivity contribution in [1.29, 1.82) is 0 Å². The Morgan fingerprint density at radius 2 is 2.23 bits per heavy atom. The maximum Gasteiger partial charge on any atom is 0.188 e. The molecule has 0 aliphatic carbocycles. The van der Waals surface area contributed by atoms with E-state index in [2.05, 4.69) is 6.58 Å². The number of rotatable bonds is 2. The third-order valence-corrected chi connectivity index (χ3v) is 2.18. The van der Waals surface area contributed by atoms with E-state index in [1.165, 1.54) is 19.1 Å². The molecule has 0 saturated heterocycles. The largest absolute Gasteiger partial charge is 0.289 e. The maximum absolute atomic E-state index is 13.3. The quantitative estimate of drug-likeness (QED) is 0.527. The Bertz CT molecular complexity index is 371. The molecule has 0 N–H and O–H groups in total. The second-order valence-electron chi connectivity index (χ2n) is 2.60. The predicted molar refractivity (Wildman–Crippen MR) is 50.7 cm³/mol. The summed E-state index contributed by atoms with van der Waals surface area (Å²) in [5.41, 5.74) is 0.297. The van der Waals surface area contributed by atoms with E-state index in [-0.39, 0.29) is 11.1 Å². The fourth-order valence-corrected chi connectivity index (χ4v) is 1.11. The molecule has 0 bridgehead atoms. The molecule has 68 valence electrons. The number of hydrogen-bond acceptors (Lipinski definition) is 1. The van der Waals surface area contributed by atoms with Crippen LogP contribution in [-0.4, -0.2) is 5.78 Å². The van der Waals surface area contributed by atoms with Crippen molar-refractivity contribution in [2.24, 2.45) is 0 Å². The van der Waals surface area contributed by atoms with Crippen molar-refractivity contribution < 1.29 is 9.18 Å². The first kappa shape index (κ1) is 9.93. The van der Waals surface area contributed by atoms with Crippen LogP contribution in [0.2, 0.25) is 5.02 Å². The highest BCUT2D eigenvalue weighted by molar-refractivity contribution is 6.31. The average Bonchev–Trinajstić information content (AvgIpc) is 2.13. The Morgan fingerprint density at radius 3 is 2.77 bits per heavy atom. The van der Waals surface area contributed by atoms with Crippen LogP contribution in [0.15, 0.2) is 24.8 Å². The number of carbonyl (C=O) groups excluding carboxylic acids is 1. The molecule has 0 amide bonds. The van der Waals surface area contributed by atoms with Gasteiger partial charge in [0.25, 0.3) is 0 Å². The second-order valence-corrected chi connectivity index (χ2v) is 3.01. The summed E-state index contributed by atoms with van der Waals surface area (Å²) < 4.78 is 13.3. The first-order valence-corrected chi connectivity index (χ1v) is 4.07. The Labute approximate surface area is 80.8 Å². The fraction of sp³-hybridized carbons (Fsp3) is 0.100. The molecule has 1 aromatic rings. The molecule has 1 rings (SSSR count). The standard InChI is InChI=1S/C10H8ClFO/c1-3-9(13)7-4-5-8(11)6(2)10(7)12/h3-5H,1H2,2H3. The smallest absolute Gasteiger partial charge is 0.188 e. The van der Waals surface area contributed by atoms with Crippen LogP contribution in [0.5, 0.6) is 0 Å². The lowest BCUT2D eigenvalue weighted by Gasteiger charge is -2.03. The summed E-state index contributed by atoms with van der Waals surface area (Å²) in [5.74, 6) is -1.00. The van der Waals surface area contributed by atoms with Gasteiger partial charge in [0.1, 0.15) is 5.82 Å². The molecule has 0 aromatic heterocycles. The summed E-state index contributed by atoms with van der Waals surface area (Å²) in [4.78, 5) is 11.1. The van der Waals surface area contributed by atoms with Crippen molar-refractivity contribution in [3.8, 4) is 0 Å². The van der Waals surface area contributed by atoms with E-state index in [4.69, 9.17) is 11.6 Å². The van der Waals surface area contributed by atoms with Crippen molar-refractivity contribution in [1.82, 2.24) is 0 Å². The number of benzene rings is 1. The summed E-state index contributed by atoms with van der Waals surface area (Å²) in [7, 11) is 0. The van der Waals surface area contributed by atoms with E-state index in [0.717, 1.165) is 6.08 Å². The molecule has 0 spiro atoms. The normalized spacial score (nSPS) is 9.77. The van der Waals surface area contributed by atoms with Crippen LogP contribution < -0.4 is 0 Å². The van der Waals surface area contributed by atoms with Gasteiger partial charge in [-0.3, -0.25) is 4.79 Å². The molecule has 13 heavy (non-hydrogen) atoms. The van der Waals surface area contributed by atoms with Crippen LogP contribution in [-0.2, 0) is 0 Å². The number of hydrogen-bond donors (Lipinski definition) is 0. The van der Waals surface area contributed by atoms with Gasteiger partial charge in [0.15, 0.2) is 5.78 Å². The summed E-state index contributed by atoms with van der Waals surface area (Å²) in [5, 5.41) is 0.318. The van der Waals surface area contributed by atoms with E-state index in [0.29, 0.717) is 5.02 Å². The van der Waals surface area contributed by atoms with Crippen LogP contribution in [0.1, 0.15) is 15.9 Å². The Hall–Kier alpha value is -1.15. The van der Waals surface area contributed by atoms with Gasteiger partial charge in [0.05, 0.1) is 5.56 Å².